The van der Waals surface area contributed by atoms with Crippen LogP contribution in [-0.4, -0.2) is 29.3 Å². The van der Waals surface area contributed by atoms with Gasteiger partial charge in [0.2, 0.25) is 0 Å². The molecule has 0 aromatic heterocycles. The van der Waals surface area contributed by atoms with Gasteiger partial charge in [0.25, 0.3) is 0 Å². The van der Waals surface area contributed by atoms with Crippen molar-refractivity contribution in [2.75, 3.05) is 6.54 Å². The number of nitrogens with one attached hydrogen (secondary N) is 1. The largest absolute Gasteiger partial charge is 0.478 e. The number of carboxylic acids is 1. The van der Waals surface area contributed by atoms with Crippen molar-refractivity contribution in [1.82, 2.24) is 5.32 Å². The highest BCUT2D eigenvalue weighted by Gasteiger charge is 2.17. The molecule has 0 fully saturated rings. The smallest absolute Gasteiger partial charge is 0.407 e. The summed E-state index contributed by atoms with van der Waals surface area (Å²) in [4.78, 5) is 22.7. The highest BCUT2D eigenvalue weighted by Crippen LogP contribution is 2.14. The monoisotopic (exact) mass is 311 g/mol. The Balaban J connectivity index is 2.75. The van der Waals surface area contributed by atoms with E-state index in [0.717, 1.165) is 0 Å². The van der Waals surface area contributed by atoms with Crippen molar-refractivity contribution in [2.45, 2.75) is 26.4 Å². The van der Waals surface area contributed by atoms with Gasteiger partial charge in [0.1, 0.15) is 5.60 Å². The number of halogens is 1. The zero-order valence-corrected chi connectivity index (χ0v) is 12.9. The van der Waals surface area contributed by atoms with Crippen LogP contribution in [0.4, 0.5) is 4.79 Å². The number of hydrogen-bond acceptors (Lipinski definition) is 3. The van der Waals surface area contributed by atoms with E-state index in [2.05, 4.69) is 5.32 Å². The number of alkyl carbamates (subject to hydrolysis) is 1. The minimum Gasteiger partial charge on any atom is -0.478 e. The molecular weight excluding hydrogens is 294 g/mol. The molecule has 1 aromatic carbocycles. The second kappa shape index (κ2) is 7.13. The van der Waals surface area contributed by atoms with Crippen molar-refractivity contribution in [1.29, 1.82) is 0 Å². The normalized spacial score (nSPS) is 11.9. The van der Waals surface area contributed by atoms with Crippen molar-refractivity contribution >= 4 is 29.7 Å². The number of amides is 1. The molecule has 0 saturated heterocycles. The van der Waals surface area contributed by atoms with Gasteiger partial charge in [-0.2, -0.15) is 0 Å². The lowest BCUT2D eigenvalue weighted by molar-refractivity contribution is -0.132. The van der Waals surface area contributed by atoms with Crippen molar-refractivity contribution in [2.24, 2.45) is 0 Å². The molecule has 114 valence electrons. The quantitative estimate of drug-likeness (QED) is 0.836. The van der Waals surface area contributed by atoms with E-state index in [-0.39, 0.29) is 12.1 Å². The molecular formula is C15H18ClNO4. The van der Waals surface area contributed by atoms with Crippen LogP contribution in [0.3, 0.4) is 0 Å². The van der Waals surface area contributed by atoms with Crippen LogP contribution >= 0.6 is 11.6 Å². The Bertz CT molecular complexity index is 561. The average Bonchev–Trinajstić information content (AvgIpc) is 2.32. The molecule has 0 aliphatic rings. The fraction of sp³-hybridized carbons (Fsp3) is 0.333. The lowest BCUT2D eigenvalue weighted by atomic mass is 10.1. The van der Waals surface area contributed by atoms with Crippen LogP contribution in [0.15, 0.2) is 29.8 Å². The molecule has 0 atom stereocenters. The third kappa shape index (κ3) is 6.81. The Kier molecular flexibility index (Phi) is 5.79. The maximum atomic E-state index is 11.5. The first kappa shape index (κ1) is 17.0. The van der Waals surface area contributed by atoms with Crippen molar-refractivity contribution in [3.8, 4) is 0 Å². The highest BCUT2D eigenvalue weighted by molar-refractivity contribution is 6.30. The molecule has 2 N–H and O–H groups in total. The van der Waals surface area contributed by atoms with E-state index >= 15 is 0 Å². The van der Waals surface area contributed by atoms with E-state index in [1.165, 1.54) is 6.08 Å². The van der Waals surface area contributed by atoms with Crippen LogP contribution in [0.2, 0.25) is 5.02 Å². The van der Waals surface area contributed by atoms with Gasteiger partial charge in [0, 0.05) is 5.02 Å². The van der Waals surface area contributed by atoms with Gasteiger partial charge in [0.05, 0.1) is 12.1 Å². The number of ether oxygens (including phenoxy) is 1. The second-order valence-electron chi connectivity index (χ2n) is 5.39. The van der Waals surface area contributed by atoms with Crippen LogP contribution in [0, 0.1) is 0 Å². The lowest BCUT2D eigenvalue weighted by Crippen LogP contribution is -2.34. The van der Waals surface area contributed by atoms with Crippen LogP contribution in [-0.2, 0) is 9.53 Å². The number of aliphatic carboxylic acids is 1. The van der Waals surface area contributed by atoms with E-state index in [1.807, 2.05) is 0 Å². The summed E-state index contributed by atoms with van der Waals surface area (Å²) in [6.45, 7) is 5.04. The van der Waals surface area contributed by atoms with E-state index in [0.29, 0.717) is 10.6 Å². The Morgan fingerprint density at radius 2 is 2.05 bits per heavy atom. The molecule has 0 bridgehead atoms. The van der Waals surface area contributed by atoms with Crippen LogP contribution < -0.4 is 5.32 Å². The van der Waals surface area contributed by atoms with E-state index in [4.69, 9.17) is 21.4 Å². The number of benzene rings is 1. The highest BCUT2D eigenvalue weighted by atomic mass is 35.5. The molecule has 0 saturated carbocycles. The zero-order chi connectivity index (χ0) is 16.0. The number of carbonyl (C=O) groups excluding carboxylic acids is 1. The second-order valence-corrected chi connectivity index (χ2v) is 5.82. The minimum absolute atomic E-state index is 0.0307. The van der Waals surface area contributed by atoms with E-state index in [1.54, 1.807) is 45.0 Å². The summed E-state index contributed by atoms with van der Waals surface area (Å²) in [6.07, 6.45) is 0.784. The Labute approximate surface area is 128 Å². The third-order valence-corrected chi connectivity index (χ3v) is 2.52. The fourth-order valence-corrected chi connectivity index (χ4v) is 1.67. The Morgan fingerprint density at radius 3 is 2.57 bits per heavy atom. The average molecular weight is 312 g/mol. The fourth-order valence-electron chi connectivity index (χ4n) is 1.47. The van der Waals surface area contributed by atoms with Gasteiger partial charge in [-0.3, -0.25) is 0 Å². The molecule has 1 rings (SSSR count). The molecule has 0 spiro atoms. The predicted molar refractivity (Wildman–Crippen MR) is 81.3 cm³/mol. The SMILES string of the molecule is CC(C)(C)OC(=O)NC/C(=C\c1cccc(Cl)c1)C(=O)O. The molecule has 1 amide bonds. The molecule has 6 heteroatoms. The number of rotatable bonds is 4. The van der Waals surface area contributed by atoms with Crippen LogP contribution in [0.1, 0.15) is 26.3 Å². The van der Waals surface area contributed by atoms with E-state index < -0.39 is 17.7 Å². The minimum atomic E-state index is -1.12. The van der Waals surface area contributed by atoms with Crippen LogP contribution in [0.25, 0.3) is 6.08 Å². The molecule has 5 nitrogen and oxygen atoms in total. The lowest BCUT2D eigenvalue weighted by Gasteiger charge is -2.19. The van der Waals surface area contributed by atoms with Crippen molar-refractivity contribution in [3.05, 3.63) is 40.4 Å². The molecule has 0 aliphatic carbocycles. The summed E-state index contributed by atoms with van der Waals surface area (Å²) in [5.41, 5.74) is 0.0402. The summed E-state index contributed by atoms with van der Waals surface area (Å²) in [7, 11) is 0. The molecule has 0 radical (unpaired) electrons. The van der Waals surface area contributed by atoms with Crippen molar-refractivity contribution < 1.29 is 19.4 Å². The summed E-state index contributed by atoms with van der Waals surface area (Å²) in [5.74, 6) is -1.12. The van der Waals surface area contributed by atoms with Gasteiger partial charge < -0.3 is 15.2 Å². The van der Waals surface area contributed by atoms with Gasteiger partial charge in [-0.25, -0.2) is 9.59 Å². The van der Waals surface area contributed by atoms with Gasteiger partial charge in [-0.05, 0) is 44.5 Å². The number of carbonyl (C=O) groups is 2. The molecule has 0 unspecified atom stereocenters. The van der Waals surface area contributed by atoms with Gasteiger partial charge >= 0.3 is 12.1 Å². The summed E-state index contributed by atoms with van der Waals surface area (Å²) >= 11 is 5.84. The summed E-state index contributed by atoms with van der Waals surface area (Å²) < 4.78 is 5.05. The van der Waals surface area contributed by atoms with E-state index in [9.17, 15) is 9.59 Å². The van der Waals surface area contributed by atoms with Crippen molar-refractivity contribution in [3.63, 3.8) is 0 Å². The van der Waals surface area contributed by atoms with Crippen LogP contribution in [0.5, 0.6) is 0 Å². The molecule has 0 aliphatic heterocycles. The van der Waals surface area contributed by atoms with Gasteiger partial charge in [-0.1, -0.05) is 23.7 Å². The third-order valence-electron chi connectivity index (χ3n) is 2.29. The first-order chi connectivity index (χ1) is 9.67. The zero-order valence-electron chi connectivity index (χ0n) is 12.1. The first-order valence-corrected chi connectivity index (χ1v) is 6.71. The molecule has 1 aromatic rings. The maximum Gasteiger partial charge on any atom is 0.407 e. The molecule has 0 heterocycles. The Hall–Kier alpha value is -2.01. The molecule has 21 heavy (non-hydrogen) atoms. The standard InChI is InChI=1S/C15H18ClNO4/c1-15(2,3)21-14(20)17-9-11(13(18)19)7-10-5-4-6-12(16)8-10/h4-8H,9H2,1-3H3,(H,17,20)(H,18,19)/b11-7+. The summed E-state index contributed by atoms with van der Waals surface area (Å²) in [5, 5.41) is 12.1. The van der Waals surface area contributed by atoms with Gasteiger partial charge in [-0.15, -0.1) is 0 Å². The number of carboxylic acid groups (broad SMARTS) is 1. The maximum absolute atomic E-state index is 11.5. The summed E-state index contributed by atoms with van der Waals surface area (Å²) in [6, 6.07) is 6.77. The predicted octanol–water partition coefficient (Wildman–Crippen LogP) is 3.33. The topological polar surface area (TPSA) is 75.6 Å². The van der Waals surface area contributed by atoms with Gasteiger partial charge in [0.15, 0.2) is 0 Å². The first-order valence-electron chi connectivity index (χ1n) is 6.33. The number of hydrogen-bond donors (Lipinski definition) is 2. The Morgan fingerprint density at radius 1 is 1.38 bits per heavy atom.